The summed E-state index contributed by atoms with van der Waals surface area (Å²) in [5.41, 5.74) is 4.09. The summed E-state index contributed by atoms with van der Waals surface area (Å²) in [6.45, 7) is 6.70. The topological polar surface area (TPSA) is 88.2 Å². The minimum Gasteiger partial charge on any atom is -0.497 e. The normalized spacial score (nSPS) is 13.8. The number of sulfonamides is 1. The quantitative estimate of drug-likeness (QED) is 0.450. The molecule has 10 heteroatoms. The number of rotatable bonds is 8. The zero-order chi connectivity index (χ0) is 26.6. The van der Waals surface area contributed by atoms with Crippen molar-refractivity contribution in [2.45, 2.75) is 18.7 Å². The monoisotopic (exact) mass is 543 g/mol. The Hall–Kier alpha value is -3.43. The molecule has 0 spiro atoms. The first kappa shape index (κ1) is 26.6. The number of ether oxygens (including phenoxy) is 2. The van der Waals surface area contributed by atoms with E-state index < -0.39 is 10.0 Å². The highest BCUT2D eigenvalue weighted by Crippen LogP contribution is 2.29. The largest absolute Gasteiger partial charge is 0.497 e. The number of carbonyl (C=O) groups is 1. The molecule has 1 amide bonds. The third kappa shape index (κ3) is 6.29. The van der Waals surface area contributed by atoms with Crippen LogP contribution < -0.4 is 19.1 Å². The predicted molar refractivity (Wildman–Crippen MR) is 145 cm³/mol. The fraction of sp³-hybridized carbons (Fsp3) is 0.296. The van der Waals surface area contributed by atoms with Gasteiger partial charge in [0, 0.05) is 37.6 Å². The van der Waals surface area contributed by atoms with Crippen LogP contribution in [0.2, 0.25) is 5.02 Å². The van der Waals surface area contributed by atoms with E-state index in [9.17, 15) is 13.2 Å². The Bertz CT molecular complexity index is 1370. The average Bonchev–Trinajstić information content (AvgIpc) is 2.89. The first-order valence-corrected chi connectivity index (χ1v) is 13.7. The summed E-state index contributed by atoms with van der Waals surface area (Å²) in [6, 6.07) is 16.9. The number of nitrogens with zero attached hydrogens (tertiary/aromatic N) is 2. The van der Waals surface area contributed by atoms with E-state index in [0.29, 0.717) is 24.5 Å². The van der Waals surface area contributed by atoms with Gasteiger partial charge in [-0.25, -0.2) is 8.42 Å². The molecular weight excluding hydrogens is 514 g/mol. The van der Waals surface area contributed by atoms with Crippen molar-refractivity contribution < 1.29 is 22.7 Å². The summed E-state index contributed by atoms with van der Waals surface area (Å²) >= 11 is 6.30. The van der Waals surface area contributed by atoms with Crippen LogP contribution in [-0.2, 0) is 14.8 Å². The Kier molecular flexibility index (Phi) is 8.14. The third-order valence-corrected chi connectivity index (χ3v) is 8.13. The van der Waals surface area contributed by atoms with E-state index in [1.165, 1.54) is 42.1 Å². The van der Waals surface area contributed by atoms with Crippen molar-refractivity contribution in [3.05, 3.63) is 76.8 Å². The number of piperazine rings is 1. The van der Waals surface area contributed by atoms with Crippen LogP contribution in [-0.4, -0.2) is 59.1 Å². The van der Waals surface area contributed by atoms with E-state index in [2.05, 4.69) is 41.7 Å². The van der Waals surface area contributed by atoms with Gasteiger partial charge in [0.05, 0.1) is 17.0 Å². The molecule has 1 aliphatic rings. The molecule has 3 aromatic rings. The minimum absolute atomic E-state index is 0.0189. The molecule has 1 aliphatic heterocycles. The van der Waals surface area contributed by atoms with Gasteiger partial charge < -0.3 is 19.3 Å². The maximum absolute atomic E-state index is 12.8. The van der Waals surface area contributed by atoms with Crippen LogP contribution in [0.15, 0.2) is 65.6 Å². The molecule has 0 radical (unpaired) electrons. The highest BCUT2D eigenvalue weighted by Gasteiger charge is 2.23. The second-order valence-corrected chi connectivity index (χ2v) is 10.9. The number of amides is 1. The van der Waals surface area contributed by atoms with Gasteiger partial charge in [0.1, 0.15) is 11.5 Å². The summed E-state index contributed by atoms with van der Waals surface area (Å²) in [5.74, 6) is 0.715. The minimum atomic E-state index is -3.87. The van der Waals surface area contributed by atoms with Crippen LogP contribution in [0.5, 0.6) is 11.5 Å². The van der Waals surface area contributed by atoms with Crippen molar-refractivity contribution in [2.75, 3.05) is 49.5 Å². The summed E-state index contributed by atoms with van der Waals surface area (Å²) in [6.07, 6.45) is 0. The van der Waals surface area contributed by atoms with Crippen molar-refractivity contribution in [3.63, 3.8) is 0 Å². The molecule has 1 fully saturated rings. The number of hydrogen-bond donors (Lipinski definition) is 1. The predicted octanol–water partition coefficient (Wildman–Crippen LogP) is 4.49. The van der Waals surface area contributed by atoms with Crippen LogP contribution in [0.25, 0.3) is 0 Å². The Morgan fingerprint density at radius 1 is 1.00 bits per heavy atom. The number of hydrogen-bond acceptors (Lipinski definition) is 6. The molecule has 1 saturated heterocycles. The number of aryl methyl sites for hydroxylation is 1. The lowest BCUT2D eigenvalue weighted by Crippen LogP contribution is -2.50. The zero-order valence-electron chi connectivity index (χ0n) is 21.0. The standard InChI is InChI=1S/C27H30ClN3O5S/c1-19-5-4-6-25(20(19)2)30-13-15-31(16-14-30)27(32)18-36-26-12-11-23(17-24(26)28)37(33,34)29-21-7-9-22(35-3)10-8-21/h4-12,17,29H,13-16,18H2,1-3H3. The molecule has 4 rings (SSSR count). The number of anilines is 2. The first-order chi connectivity index (χ1) is 17.7. The van der Waals surface area contributed by atoms with Crippen molar-refractivity contribution in [3.8, 4) is 11.5 Å². The SMILES string of the molecule is COc1ccc(NS(=O)(=O)c2ccc(OCC(=O)N3CCN(c4cccc(C)c4C)CC3)c(Cl)c2)cc1. The van der Waals surface area contributed by atoms with E-state index in [0.717, 1.165) is 13.1 Å². The van der Waals surface area contributed by atoms with E-state index in [1.807, 2.05) is 0 Å². The van der Waals surface area contributed by atoms with Crippen LogP contribution >= 0.6 is 11.6 Å². The molecular formula is C27H30ClN3O5S. The molecule has 0 aliphatic carbocycles. The summed E-state index contributed by atoms with van der Waals surface area (Å²) in [5, 5.41) is 0.102. The molecule has 0 bridgehead atoms. The molecule has 0 saturated carbocycles. The van der Waals surface area contributed by atoms with E-state index in [-0.39, 0.29) is 28.2 Å². The number of halogens is 1. The molecule has 1 N–H and O–H groups in total. The summed E-state index contributed by atoms with van der Waals surface area (Å²) in [4.78, 5) is 16.8. The van der Waals surface area contributed by atoms with Crippen LogP contribution in [0.1, 0.15) is 11.1 Å². The van der Waals surface area contributed by atoms with Gasteiger partial charge in [0.25, 0.3) is 15.9 Å². The van der Waals surface area contributed by atoms with Crippen molar-refractivity contribution >= 4 is 38.9 Å². The zero-order valence-corrected chi connectivity index (χ0v) is 22.6. The van der Waals surface area contributed by atoms with Crippen molar-refractivity contribution in [2.24, 2.45) is 0 Å². The van der Waals surface area contributed by atoms with Crippen LogP contribution in [0.3, 0.4) is 0 Å². The fourth-order valence-electron chi connectivity index (χ4n) is 4.14. The maximum atomic E-state index is 12.8. The number of benzene rings is 3. The fourth-order valence-corrected chi connectivity index (χ4v) is 5.53. The van der Waals surface area contributed by atoms with E-state index >= 15 is 0 Å². The van der Waals surface area contributed by atoms with E-state index in [4.69, 9.17) is 21.1 Å². The lowest BCUT2D eigenvalue weighted by Gasteiger charge is -2.37. The second kappa shape index (κ2) is 11.3. The lowest BCUT2D eigenvalue weighted by atomic mass is 10.1. The van der Waals surface area contributed by atoms with Crippen molar-refractivity contribution in [1.82, 2.24) is 4.90 Å². The maximum Gasteiger partial charge on any atom is 0.261 e. The number of nitrogens with one attached hydrogen (secondary N) is 1. The Balaban J connectivity index is 1.32. The van der Waals surface area contributed by atoms with Crippen LogP contribution in [0, 0.1) is 13.8 Å². The highest BCUT2D eigenvalue weighted by molar-refractivity contribution is 7.92. The van der Waals surface area contributed by atoms with E-state index in [1.54, 1.807) is 29.2 Å². The van der Waals surface area contributed by atoms with Gasteiger partial charge in [-0.05, 0) is 73.5 Å². The molecule has 0 atom stereocenters. The molecule has 196 valence electrons. The van der Waals surface area contributed by atoms with Crippen molar-refractivity contribution in [1.29, 1.82) is 0 Å². The van der Waals surface area contributed by atoms with Gasteiger partial charge in [-0.2, -0.15) is 0 Å². The van der Waals surface area contributed by atoms with Gasteiger partial charge in [0.15, 0.2) is 6.61 Å². The Morgan fingerprint density at radius 2 is 1.70 bits per heavy atom. The molecule has 0 unspecified atom stereocenters. The molecule has 3 aromatic carbocycles. The van der Waals surface area contributed by atoms with Gasteiger partial charge in [-0.3, -0.25) is 9.52 Å². The smallest absolute Gasteiger partial charge is 0.261 e. The number of carbonyl (C=O) groups excluding carboxylic acids is 1. The second-order valence-electron chi connectivity index (χ2n) is 8.80. The van der Waals surface area contributed by atoms with Gasteiger partial charge in [-0.1, -0.05) is 23.7 Å². The molecule has 1 heterocycles. The highest BCUT2D eigenvalue weighted by atomic mass is 35.5. The summed E-state index contributed by atoms with van der Waals surface area (Å²) in [7, 11) is -2.33. The van der Waals surface area contributed by atoms with Gasteiger partial charge in [-0.15, -0.1) is 0 Å². The Morgan fingerprint density at radius 3 is 2.35 bits per heavy atom. The third-order valence-electron chi connectivity index (χ3n) is 6.46. The molecule has 8 nitrogen and oxygen atoms in total. The molecule has 0 aromatic heterocycles. The molecule has 37 heavy (non-hydrogen) atoms. The van der Waals surface area contributed by atoms with Gasteiger partial charge in [0.2, 0.25) is 0 Å². The first-order valence-electron chi connectivity index (χ1n) is 11.9. The number of methoxy groups -OCH3 is 1. The summed E-state index contributed by atoms with van der Waals surface area (Å²) < 4.78 is 38.7. The van der Waals surface area contributed by atoms with Crippen LogP contribution in [0.4, 0.5) is 11.4 Å². The van der Waals surface area contributed by atoms with Gasteiger partial charge >= 0.3 is 0 Å². The Labute approximate surface area is 222 Å². The lowest BCUT2D eigenvalue weighted by molar-refractivity contribution is -0.133. The average molecular weight is 544 g/mol.